The molecule has 19 heavy (non-hydrogen) atoms. The first-order valence-corrected chi connectivity index (χ1v) is 8.71. The molecule has 1 aromatic heterocycles. The van der Waals surface area contributed by atoms with Gasteiger partial charge < -0.3 is 4.57 Å². The van der Waals surface area contributed by atoms with Crippen molar-refractivity contribution in [3.8, 4) is 0 Å². The highest BCUT2D eigenvalue weighted by Gasteiger charge is 2.29. The van der Waals surface area contributed by atoms with Crippen LogP contribution < -0.4 is 15.9 Å². The Morgan fingerprint density at radius 3 is 1.63 bits per heavy atom. The molecule has 1 nitrogen and oxygen atoms in total. The molecule has 0 aliphatic rings. The number of benzene rings is 2. The molecule has 0 fully saturated rings. The van der Waals surface area contributed by atoms with Crippen molar-refractivity contribution in [3.63, 3.8) is 0 Å². The maximum atomic E-state index is 13.7. The summed E-state index contributed by atoms with van der Waals surface area (Å²) in [5.41, 5.74) is 0. The van der Waals surface area contributed by atoms with Gasteiger partial charge in [-0.15, -0.1) is 0 Å². The summed E-state index contributed by atoms with van der Waals surface area (Å²) in [4.78, 5) is 0. The lowest BCUT2D eigenvalue weighted by Gasteiger charge is -2.18. The summed E-state index contributed by atoms with van der Waals surface area (Å²) >= 11 is 1.58. The van der Waals surface area contributed by atoms with Gasteiger partial charge in [0.15, 0.2) is 7.14 Å². The van der Waals surface area contributed by atoms with Crippen molar-refractivity contribution in [1.82, 2.24) is 0 Å². The third-order valence-corrected chi connectivity index (χ3v) is 7.02. The van der Waals surface area contributed by atoms with Crippen LogP contribution in [0.3, 0.4) is 0 Å². The zero-order valence-electron chi connectivity index (χ0n) is 10.3. The van der Waals surface area contributed by atoms with Gasteiger partial charge in [0.05, 0.1) is 0 Å². The highest BCUT2D eigenvalue weighted by molar-refractivity contribution is 7.85. The molecule has 1 heterocycles. The van der Waals surface area contributed by atoms with Gasteiger partial charge in [-0.3, -0.25) is 0 Å². The smallest absolute Gasteiger partial charge is 0.171 e. The molecule has 0 radical (unpaired) electrons. The summed E-state index contributed by atoms with van der Waals surface area (Å²) in [5.74, 6) is 0. The first-order chi connectivity index (χ1) is 9.32. The lowest BCUT2D eigenvalue weighted by Crippen LogP contribution is -2.23. The quantitative estimate of drug-likeness (QED) is 0.674. The number of rotatable bonds is 3. The third kappa shape index (κ3) is 2.18. The van der Waals surface area contributed by atoms with E-state index in [1.807, 2.05) is 77.5 Å². The Balaban J connectivity index is 2.26. The molecule has 3 rings (SSSR count). The molecular weight excluding hydrogens is 271 g/mol. The van der Waals surface area contributed by atoms with Gasteiger partial charge >= 0.3 is 0 Å². The Labute approximate surface area is 116 Å². The fourth-order valence-electron chi connectivity index (χ4n) is 2.16. The van der Waals surface area contributed by atoms with E-state index in [1.165, 1.54) is 0 Å². The van der Waals surface area contributed by atoms with Crippen molar-refractivity contribution >= 4 is 34.4 Å². The molecule has 0 atom stereocenters. The normalized spacial score (nSPS) is 11.4. The zero-order chi connectivity index (χ0) is 13.1. The summed E-state index contributed by atoms with van der Waals surface area (Å²) in [6, 6.07) is 21.4. The minimum atomic E-state index is -2.72. The molecule has 0 bridgehead atoms. The van der Waals surface area contributed by atoms with Crippen LogP contribution in [0.1, 0.15) is 0 Å². The summed E-state index contributed by atoms with van der Waals surface area (Å²) in [7, 11) is -2.72. The van der Waals surface area contributed by atoms with Gasteiger partial charge in [-0.25, -0.2) is 0 Å². The minimum absolute atomic E-state index is 0.889. The molecule has 0 spiro atoms. The van der Waals surface area contributed by atoms with Crippen LogP contribution in [0.5, 0.6) is 0 Å². The van der Waals surface area contributed by atoms with Crippen LogP contribution in [-0.2, 0) is 4.57 Å². The largest absolute Gasteiger partial charge is 0.309 e. The Kier molecular flexibility index (Phi) is 3.37. The third-order valence-electron chi connectivity index (χ3n) is 3.11. The second kappa shape index (κ2) is 5.16. The van der Waals surface area contributed by atoms with E-state index < -0.39 is 7.14 Å². The maximum absolute atomic E-state index is 13.7. The Hall–Kier alpha value is -1.63. The molecule has 0 saturated heterocycles. The van der Waals surface area contributed by atoms with Crippen LogP contribution in [0.2, 0.25) is 0 Å². The lowest BCUT2D eigenvalue weighted by atomic mass is 10.4. The van der Waals surface area contributed by atoms with Crippen molar-refractivity contribution < 1.29 is 4.57 Å². The van der Waals surface area contributed by atoms with Gasteiger partial charge in [0.2, 0.25) is 0 Å². The summed E-state index contributed by atoms with van der Waals surface area (Å²) in [6.07, 6.45) is 0. The van der Waals surface area contributed by atoms with Crippen molar-refractivity contribution in [2.75, 3.05) is 0 Å². The van der Waals surface area contributed by atoms with Crippen molar-refractivity contribution in [2.24, 2.45) is 0 Å². The van der Waals surface area contributed by atoms with Crippen molar-refractivity contribution in [2.45, 2.75) is 0 Å². The molecule has 0 saturated carbocycles. The Morgan fingerprint density at radius 2 is 1.21 bits per heavy atom. The highest BCUT2D eigenvalue weighted by atomic mass is 32.1. The summed E-state index contributed by atoms with van der Waals surface area (Å²) < 4.78 is 13.7. The molecular formula is C16H13OPS. The Morgan fingerprint density at radius 1 is 0.684 bits per heavy atom. The molecule has 3 heteroatoms. The average molecular weight is 284 g/mol. The standard InChI is InChI=1S/C16H13OPS/c17-18(16-11-12-19-13-16,14-7-3-1-4-8-14)15-9-5-2-6-10-15/h1-13H. The monoisotopic (exact) mass is 284 g/mol. The fourth-order valence-corrected chi connectivity index (χ4v) is 5.92. The van der Waals surface area contributed by atoms with E-state index in [-0.39, 0.29) is 0 Å². The second-order valence-corrected chi connectivity index (χ2v) is 7.81. The molecule has 0 aliphatic carbocycles. The molecule has 2 aromatic carbocycles. The van der Waals surface area contributed by atoms with Crippen LogP contribution in [0, 0.1) is 0 Å². The summed E-state index contributed by atoms with van der Waals surface area (Å²) in [6.45, 7) is 0. The number of thiophene rings is 1. The van der Waals surface area contributed by atoms with Gasteiger partial charge in [0.1, 0.15) is 0 Å². The van der Waals surface area contributed by atoms with E-state index in [2.05, 4.69) is 0 Å². The van der Waals surface area contributed by atoms with Crippen molar-refractivity contribution in [3.05, 3.63) is 77.5 Å². The number of hydrogen-bond donors (Lipinski definition) is 0. The molecule has 0 amide bonds. The van der Waals surface area contributed by atoms with Gasteiger partial charge in [-0.2, -0.15) is 11.3 Å². The molecule has 0 N–H and O–H groups in total. The van der Waals surface area contributed by atoms with E-state index in [1.54, 1.807) is 11.3 Å². The zero-order valence-corrected chi connectivity index (χ0v) is 12.0. The van der Waals surface area contributed by atoms with Crippen LogP contribution in [0.4, 0.5) is 0 Å². The van der Waals surface area contributed by atoms with Gasteiger partial charge in [-0.05, 0) is 11.4 Å². The number of hydrogen-bond acceptors (Lipinski definition) is 2. The van der Waals surface area contributed by atoms with Crippen LogP contribution >= 0.6 is 18.5 Å². The highest BCUT2D eigenvalue weighted by Crippen LogP contribution is 2.42. The van der Waals surface area contributed by atoms with Crippen LogP contribution in [0.15, 0.2) is 77.5 Å². The average Bonchev–Trinajstić information content (AvgIpc) is 3.03. The SMILES string of the molecule is O=P(c1ccccc1)(c1ccccc1)c1ccsc1. The molecule has 0 unspecified atom stereocenters. The topological polar surface area (TPSA) is 17.1 Å². The van der Waals surface area contributed by atoms with Crippen LogP contribution in [-0.4, -0.2) is 0 Å². The molecule has 94 valence electrons. The Bertz CT molecular complexity index is 647. The maximum Gasteiger partial charge on any atom is 0.171 e. The predicted octanol–water partition coefficient (Wildman–Crippen LogP) is 3.39. The lowest BCUT2D eigenvalue weighted by molar-refractivity contribution is 0.592. The van der Waals surface area contributed by atoms with Gasteiger partial charge in [-0.1, -0.05) is 60.7 Å². The molecule has 0 aliphatic heterocycles. The first kappa shape index (κ1) is 12.4. The van der Waals surface area contributed by atoms with E-state index in [9.17, 15) is 4.57 Å². The van der Waals surface area contributed by atoms with E-state index in [0.717, 1.165) is 15.9 Å². The first-order valence-electron chi connectivity index (χ1n) is 6.06. The molecule has 3 aromatic rings. The van der Waals surface area contributed by atoms with E-state index >= 15 is 0 Å². The van der Waals surface area contributed by atoms with E-state index in [0.29, 0.717) is 0 Å². The van der Waals surface area contributed by atoms with E-state index in [4.69, 9.17) is 0 Å². The van der Waals surface area contributed by atoms with Crippen molar-refractivity contribution in [1.29, 1.82) is 0 Å². The second-order valence-electron chi connectivity index (χ2n) is 4.26. The summed E-state index contributed by atoms with van der Waals surface area (Å²) in [5, 5.41) is 6.66. The predicted molar refractivity (Wildman–Crippen MR) is 83.7 cm³/mol. The van der Waals surface area contributed by atoms with Crippen LogP contribution in [0.25, 0.3) is 0 Å². The minimum Gasteiger partial charge on any atom is -0.309 e. The van der Waals surface area contributed by atoms with Gasteiger partial charge in [0, 0.05) is 21.3 Å². The van der Waals surface area contributed by atoms with Gasteiger partial charge in [0.25, 0.3) is 0 Å². The fraction of sp³-hybridized carbons (Fsp3) is 0.